The highest BCUT2D eigenvalue weighted by Gasteiger charge is 2.35. The number of aliphatic hydroxyl groups is 1. The maximum absolute atomic E-state index is 12.6. The summed E-state index contributed by atoms with van der Waals surface area (Å²) in [5.41, 5.74) is -0.441. The number of sulfonamides is 1. The van der Waals surface area contributed by atoms with Gasteiger partial charge in [0.1, 0.15) is 0 Å². The number of hydrogen-bond acceptors (Lipinski definition) is 5. The first-order valence-corrected chi connectivity index (χ1v) is 10.0. The van der Waals surface area contributed by atoms with E-state index >= 15 is 0 Å². The molecule has 0 aliphatic rings. The third kappa shape index (κ3) is 4.07. The normalized spacial score (nSPS) is 15.0. The van der Waals surface area contributed by atoms with Gasteiger partial charge in [0, 0.05) is 13.3 Å². The van der Waals surface area contributed by atoms with Gasteiger partial charge in [0.25, 0.3) is 0 Å². The minimum atomic E-state index is -3.82. The number of nitrogens with zero attached hydrogens (tertiary/aromatic N) is 1. The zero-order valence-corrected chi connectivity index (χ0v) is 15.1. The van der Waals surface area contributed by atoms with E-state index in [0.29, 0.717) is 0 Å². The summed E-state index contributed by atoms with van der Waals surface area (Å²) >= 11 is 0. The van der Waals surface area contributed by atoms with Gasteiger partial charge in [-0.1, -0.05) is 20.8 Å². The van der Waals surface area contributed by atoms with Crippen LogP contribution in [0.2, 0.25) is 0 Å². The molecule has 0 aliphatic carbocycles. The predicted molar refractivity (Wildman–Crippen MR) is 84.8 cm³/mol. The van der Waals surface area contributed by atoms with Crippen LogP contribution in [0.3, 0.4) is 0 Å². The van der Waals surface area contributed by atoms with Gasteiger partial charge in [0.15, 0.2) is 9.84 Å². The summed E-state index contributed by atoms with van der Waals surface area (Å²) in [4.78, 5) is 0.0498. The van der Waals surface area contributed by atoms with Crippen LogP contribution in [0.25, 0.3) is 0 Å². The van der Waals surface area contributed by atoms with Gasteiger partial charge in [-0.3, -0.25) is 0 Å². The molecule has 1 unspecified atom stereocenters. The lowest BCUT2D eigenvalue weighted by atomic mass is 9.87. The first-order chi connectivity index (χ1) is 9.81. The summed E-state index contributed by atoms with van der Waals surface area (Å²) in [6.07, 6.45) is 1.06. The smallest absolute Gasteiger partial charge is 0.243 e. The Kier molecular flexibility index (Phi) is 5.44. The van der Waals surface area contributed by atoms with Gasteiger partial charge in [-0.25, -0.2) is 16.8 Å². The highest BCUT2D eigenvalue weighted by Crippen LogP contribution is 2.28. The van der Waals surface area contributed by atoms with E-state index in [4.69, 9.17) is 0 Å². The Morgan fingerprint density at radius 1 is 1.05 bits per heavy atom. The highest BCUT2D eigenvalue weighted by atomic mass is 32.2. The Balaban J connectivity index is 3.24. The summed E-state index contributed by atoms with van der Waals surface area (Å²) in [6, 6.07) is 4.47. The molecule has 1 aromatic rings. The molecule has 0 radical (unpaired) electrons. The Labute approximate surface area is 132 Å². The van der Waals surface area contributed by atoms with Crippen molar-refractivity contribution in [3.8, 4) is 0 Å². The Bertz CT molecular complexity index is 715. The second-order valence-corrected chi connectivity index (χ2v) is 10.3. The Morgan fingerprint density at radius 3 is 1.77 bits per heavy atom. The molecule has 8 heteroatoms. The lowest BCUT2D eigenvalue weighted by molar-refractivity contribution is 0.115. The molecule has 1 aromatic carbocycles. The van der Waals surface area contributed by atoms with Crippen LogP contribution in [0.5, 0.6) is 0 Å². The monoisotopic (exact) mass is 349 g/mol. The maximum Gasteiger partial charge on any atom is 0.243 e. The van der Waals surface area contributed by atoms with Gasteiger partial charge >= 0.3 is 0 Å². The molecule has 0 heterocycles. The number of sulfone groups is 1. The van der Waals surface area contributed by atoms with E-state index in [2.05, 4.69) is 0 Å². The fourth-order valence-electron chi connectivity index (χ4n) is 2.13. The van der Waals surface area contributed by atoms with Crippen molar-refractivity contribution < 1.29 is 21.9 Å². The molecule has 0 aliphatic heterocycles. The van der Waals surface area contributed by atoms with Crippen LogP contribution >= 0.6 is 0 Å². The number of hydrogen-bond donors (Lipinski definition) is 1. The number of aliphatic hydroxyl groups excluding tert-OH is 1. The molecular weight excluding hydrogens is 326 g/mol. The van der Waals surface area contributed by atoms with Gasteiger partial charge < -0.3 is 5.11 Å². The minimum Gasteiger partial charge on any atom is -0.395 e. The third-order valence-electron chi connectivity index (χ3n) is 3.54. The molecule has 0 saturated heterocycles. The third-order valence-corrected chi connectivity index (χ3v) is 6.55. The zero-order valence-electron chi connectivity index (χ0n) is 13.4. The lowest BCUT2D eigenvalue weighted by Gasteiger charge is -2.35. The molecule has 0 spiro atoms. The number of benzene rings is 1. The van der Waals surface area contributed by atoms with Crippen molar-refractivity contribution in [1.29, 1.82) is 0 Å². The Hall–Kier alpha value is -0.960. The SMILES string of the molecule is CN(C(CO)C(C)(C)C)S(=O)(=O)c1ccc(S(C)(=O)=O)cc1. The van der Waals surface area contributed by atoms with E-state index in [1.807, 2.05) is 20.8 Å². The molecule has 126 valence electrons. The van der Waals surface area contributed by atoms with Gasteiger partial charge in [-0.2, -0.15) is 4.31 Å². The van der Waals surface area contributed by atoms with E-state index in [9.17, 15) is 21.9 Å². The van der Waals surface area contributed by atoms with Gasteiger partial charge in [-0.05, 0) is 29.7 Å². The maximum atomic E-state index is 12.6. The summed E-state index contributed by atoms with van der Waals surface area (Å²) in [5.74, 6) is 0. The first-order valence-electron chi connectivity index (χ1n) is 6.71. The van der Waals surface area contributed by atoms with E-state index < -0.39 is 31.3 Å². The Morgan fingerprint density at radius 2 is 1.45 bits per heavy atom. The van der Waals surface area contributed by atoms with Gasteiger partial charge in [0.2, 0.25) is 10.0 Å². The molecule has 0 aromatic heterocycles. The molecule has 0 saturated carbocycles. The average molecular weight is 349 g/mol. The van der Waals surface area contributed by atoms with Gasteiger partial charge in [0.05, 0.1) is 22.4 Å². The summed E-state index contributed by atoms with van der Waals surface area (Å²) in [7, 11) is -5.79. The first kappa shape index (κ1) is 19.1. The van der Waals surface area contributed by atoms with Crippen LogP contribution < -0.4 is 0 Å². The molecule has 22 heavy (non-hydrogen) atoms. The van der Waals surface area contributed by atoms with Crippen molar-refractivity contribution in [1.82, 2.24) is 4.31 Å². The second-order valence-electron chi connectivity index (χ2n) is 6.33. The van der Waals surface area contributed by atoms with Crippen LogP contribution in [0, 0.1) is 5.41 Å². The second kappa shape index (κ2) is 6.27. The van der Waals surface area contributed by atoms with E-state index in [1.54, 1.807) is 0 Å². The van der Waals surface area contributed by atoms with Crippen molar-refractivity contribution in [2.45, 2.75) is 36.6 Å². The topological polar surface area (TPSA) is 91.8 Å². The summed E-state index contributed by atoms with van der Waals surface area (Å²) < 4.78 is 49.2. The van der Waals surface area contributed by atoms with Crippen molar-refractivity contribution in [3.05, 3.63) is 24.3 Å². The zero-order chi connectivity index (χ0) is 17.3. The summed E-state index contributed by atoms with van der Waals surface area (Å²) in [5, 5.41) is 9.51. The molecule has 0 fully saturated rings. The standard InChI is InChI=1S/C14H23NO5S2/c1-14(2,3)13(10-16)15(4)22(19,20)12-8-6-11(7-9-12)21(5,17)18/h6-9,13,16H,10H2,1-5H3. The molecule has 0 amide bonds. The van der Waals surface area contributed by atoms with E-state index in [1.165, 1.54) is 31.3 Å². The van der Waals surface area contributed by atoms with Crippen molar-refractivity contribution in [2.24, 2.45) is 5.41 Å². The number of likely N-dealkylation sites (N-methyl/N-ethyl adjacent to an activating group) is 1. The van der Waals surface area contributed by atoms with Crippen LogP contribution in [0.1, 0.15) is 20.8 Å². The van der Waals surface area contributed by atoms with Crippen LogP contribution in [-0.4, -0.2) is 52.2 Å². The van der Waals surface area contributed by atoms with Gasteiger partial charge in [-0.15, -0.1) is 0 Å². The summed E-state index contributed by atoms with van der Waals surface area (Å²) in [6.45, 7) is 5.21. The molecular formula is C14H23NO5S2. The number of rotatable bonds is 5. The van der Waals surface area contributed by atoms with Crippen molar-refractivity contribution >= 4 is 19.9 Å². The van der Waals surface area contributed by atoms with Crippen LogP contribution in [0.4, 0.5) is 0 Å². The fraction of sp³-hybridized carbons (Fsp3) is 0.571. The van der Waals surface area contributed by atoms with E-state index in [0.717, 1.165) is 10.6 Å². The van der Waals surface area contributed by atoms with E-state index in [-0.39, 0.29) is 16.4 Å². The molecule has 1 rings (SSSR count). The highest BCUT2D eigenvalue weighted by molar-refractivity contribution is 7.90. The predicted octanol–water partition coefficient (Wildman–Crippen LogP) is 1.12. The van der Waals surface area contributed by atoms with Crippen molar-refractivity contribution in [3.63, 3.8) is 0 Å². The quantitative estimate of drug-likeness (QED) is 0.860. The molecule has 0 bridgehead atoms. The molecule has 1 N–H and O–H groups in total. The molecule has 1 atom stereocenters. The average Bonchev–Trinajstić information content (AvgIpc) is 2.36. The van der Waals surface area contributed by atoms with Crippen LogP contribution in [-0.2, 0) is 19.9 Å². The lowest BCUT2D eigenvalue weighted by Crippen LogP contribution is -2.47. The minimum absolute atomic E-state index is 0.00917. The fourth-order valence-corrected chi connectivity index (χ4v) is 4.29. The van der Waals surface area contributed by atoms with Crippen LogP contribution in [0.15, 0.2) is 34.1 Å². The molecule has 6 nitrogen and oxygen atoms in total. The van der Waals surface area contributed by atoms with Crippen molar-refractivity contribution in [2.75, 3.05) is 19.9 Å². The largest absolute Gasteiger partial charge is 0.395 e.